The Morgan fingerprint density at radius 3 is 2.75 bits per heavy atom. The number of hydrogen-bond donors (Lipinski definition) is 1. The number of fused-ring (bicyclic) bond motifs is 3. The third kappa shape index (κ3) is 4.06. The normalized spacial score (nSPS) is 17.8. The fourth-order valence-electron chi connectivity index (χ4n) is 5.57. The Labute approximate surface area is 209 Å². The van der Waals surface area contributed by atoms with Crippen LogP contribution in [0.3, 0.4) is 0 Å². The summed E-state index contributed by atoms with van der Waals surface area (Å²) in [5.41, 5.74) is 4.23. The number of imidazole rings is 1. The fraction of sp³-hybridized carbons (Fsp3) is 0.414. The molecular formula is C29H31N3O4. The van der Waals surface area contributed by atoms with E-state index in [1.807, 2.05) is 42.2 Å². The monoisotopic (exact) mass is 485 g/mol. The molecule has 4 heterocycles. The molecule has 0 saturated carbocycles. The summed E-state index contributed by atoms with van der Waals surface area (Å²) >= 11 is 0. The van der Waals surface area contributed by atoms with Crippen molar-refractivity contribution in [1.29, 1.82) is 0 Å². The van der Waals surface area contributed by atoms with Gasteiger partial charge in [0.05, 0.1) is 23.0 Å². The first-order valence-corrected chi connectivity index (χ1v) is 12.8. The number of para-hydroxylation sites is 2. The number of carbonyl (C=O) groups excluding carboxylic acids is 1. The van der Waals surface area contributed by atoms with Crippen LogP contribution in [0.2, 0.25) is 0 Å². The lowest BCUT2D eigenvalue weighted by molar-refractivity contribution is -0.131. The Kier molecular flexibility index (Phi) is 5.39. The molecule has 1 fully saturated rings. The van der Waals surface area contributed by atoms with Crippen molar-refractivity contribution in [2.75, 3.05) is 13.1 Å². The van der Waals surface area contributed by atoms with Gasteiger partial charge in [0.15, 0.2) is 0 Å². The number of likely N-dealkylation sites (tertiary alicyclic amines) is 1. The maximum absolute atomic E-state index is 13.2. The molecule has 4 aromatic rings. The van der Waals surface area contributed by atoms with Gasteiger partial charge in [0.1, 0.15) is 22.8 Å². The predicted octanol–water partition coefficient (Wildman–Crippen LogP) is 5.03. The van der Waals surface area contributed by atoms with Crippen LogP contribution in [0.1, 0.15) is 61.5 Å². The standard InChI is InChI=1S/C29H31N3O4/c1-17-20-14-19-8-11-29(2,3)36-24(19)16-25(20)35-28(34)21(17)15-26(33)32-12-9-18(10-13-32)27-30-22-6-4-5-7-23(22)31-27/h4-7,14,16,18H,8-13,15H2,1-3H3,(H,30,31). The van der Waals surface area contributed by atoms with Crippen LogP contribution in [0.15, 0.2) is 45.6 Å². The zero-order chi connectivity index (χ0) is 25.0. The average molecular weight is 486 g/mol. The van der Waals surface area contributed by atoms with Crippen LogP contribution >= 0.6 is 0 Å². The highest BCUT2D eigenvalue weighted by atomic mass is 16.5. The summed E-state index contributed by atoms with van der Waals surface area (Å²) in [6, 6.07) is 11.9. The Morgan fingerprint density at radius 2 is 1.97 bits per heavy atom. The zero-order valence-electron chi connectivity index (χ0n) is 21.0. The molecule has 0 aliphatic carbocycles. The van der Waals surface area contributed by atoms with Crippen molar-refractivity contribution >= 4 is 27.9 Å². The summed E-state index contributed by atoms with van der Waals surface area (Å²) in [5, 5.41) is 0.878. The van der Waals surface area contributed by atoms with Crippen LogP contribution in [0.5, 0.6) is 5.75 Å². The Morgan fingerprint density at radius 1 is 1.19 bits per heavy atom. The van der Waals surface area contributed by atoms with E-state index >= 15 is 0 Å². The van der Waals surface area contributed by atoms with E-state index in [2.05, 4.69) is 24.9 Å². The van der Waals surface area contributed by atoms with Gasteiger partial charge in [-0.25, -0.2) is 9.78 Å². The number of hydrogen-bond acceptors (Lipinski definition) is 5. The molecule has 0 unspecified atom stereocenters. The van der Waals surface area contributed by atoms with Gasteiger partial charge in [0.25, 0.3) is 0 Å². The maximum Gasteiger partial charge on any atom is 0.340 e. The Hall–Kier alpha value is -3.61. The van der Waals surface area contributed by atoms with Crippen molar-refractivity contribution in [2.24, 2.45) is 0 Å². The molecule has 1 amide bonds. The van der Waals surface area contributed by atoms with Crippen molar-refractivity contribution in [3.05, 3.63) is 69.3 Å². The number of carbonyl (C=O) groups is 1. The third-order valence-electron chi connectivity index (χ3n) is 7.82. The van der Waals surface area contributed by atoms with Gasteiger partial charge in [-0.05, 0) is 75.8 Å². The van der Waals surface area contributed by atoms with E-state index in [0.29, 0.717) is 30.2 Å². The first-order chi connectivity index (χ1) is 17.3. The molecule has 2 aromatic heterocycles. The van der Waals surface area contributed by atoms with Gasteiger partial charge in [-0.2, -0.15) is 0 Å². The molecule has 1 N–H and O–H groups in total. The highest BCUT2D eigenvalue weighted by molar-refractivity contribution is 5.86. The molecule has 36 heavy (non-hydrogen) atoms. The van der Waals surface area contributed by atoms with E-state index in [0.717, 1.165) is 64.8 Å². The minimum Gasteiger partial charge on any atom is -0.487 e. The van der Waals surface area contributed by atoms with Crippen LogP contribution < -0.4 is 10.4 Å². The fourth-order valence-corrected chi connectivity index (χ4v) is 5.57. The lowest BCUT2D eigenvalue weighted by Crippen LogP contribution is -2.39. The quantitative estimate of drug-likeness (QED) is 0.411. The van der Waals surface area contributed by atoms with Crippen LogP contribution in [0.25, 0.3) is 22.0 Å². The van der Waals surface area contributed by atoms with Crippen LogP contribution in [0, 0.1) is 6.92 Å². The van der Waals surface area contributed by atoms with Crippen LogP contribution in [0.4, 0.5) is 0 Å². The number of aromatic amines is 1. The van der Waals surface area contributed by atoms with Gasteiger partial charge in [-0.1, -0.05) is 12.1 Å². The molecule has 1 saturated heterocycles. The molecule has 2 aliphatic rings. The van der Waals surface area contributed by atoms with E-state index in [1.54, 1.807) is 0 Å². The van der Waals surface area contributed by atoms with E-state index in [4.69, 9.17) is 14.1 Å². The second kappa shape index (κ2) is 8.50. The second-order valence-electron chi connectivity index (χ2n) is 10.8. The predicted molar refractivity (Wildman–Crippen MR) is 139 cm³/mol. The van der Waals surface area contributed by atoms with Crippen molar-refractivity contribution in [3.63, 3.8) is 0 Å². The minimum atomic E-state index is -0.444. The van der Waals surface area contributed by atoms with E-state index in [-0.39, 0.29) is 17.9 Å². The SMILES string of the molecule is Cc1c(CC(=O)N2CCC(c3nc4ccccc4[nH]3)CC2)c(=O)oc2cc3c(cc12)CCC(C)(C)O3. The molecule has 7 heteroatoms. The molecule has 0 spiro atoms. The first-order valence-electron chi connectivity index (χ1n) is 12.8. The molecule has 0 radical (unpaired) electrons. The van der Waals surface area contributed by atoms with Gasteiger partial charge in [0.2, 0.25) is 5.91 Å². The molecule has 0 atom stereocenters. The topological polar surface area (TPSA) is 88.4 Å². The van der Waals surface area contributed by atoms with E-state index < -0.39 is 5.63 Å². The molecule has 0 bridgehead atoms. The van der Waals surface area contributed by atoms with Gasteiger partial charge in [-0.15, -0.1) is 0 Å². The van der Waals surface area contributed by atoms with Gasteiger partial charge < -0.3 is 19.0 Å². The van der Waals surface area contributed by atoms with E-state index in [9.17, 15) is 9.59 Å². The molecule has 186 valence electrons. The van der Waals surface area contributed by atoms with Crippen molar-refractivity contribution in [1.82, 2.24) is 14.9 Å². The zero-order valence-corrected chi connectivity index (χ0v) is 21.0. The van der Waals surface area contributed by atoms with Crippen LogP contribution in [-0.2, 0) is 17.6 Å². The molecular weight excluding hydrogens is 454 g/mol. The smallest absolute Gasteiger partial charge is 0.340 e. The number of rotatable bonds is 3. The van der Waals surface area contributed by atoms with Crippen molar-refractivity contribution in [2.45, 2.75) is 64.4 Å². The number of benzene rings is 2. The first kappa shape index (κ1) is 22.8. The average Bonchev–Trinajstić information content (AvgIpc) is 3.29. The van der Waals surface area contributed by atoms with Gasteiger partial charge >= 0.3 is 5.63 Å². The number of nitrogens with zero attached hydrogens (tertiary/aromatic N) is 2. The molecule has 2 aromatic carbocycles. The lowest BCUT2D eigenvalue weighted by Gasteiger charge is -2.32. The van der Waals surface area contributed by atoms with Gasteiger partial charge in [-0.3, -0.25) is 4.79 Å². The Bertz CT molecular complexity index is 1510. The summed E-state index contributed by atoms with van der Waals surface area (Å²) in [5.74, 6) is 2.03. The largest absolute Gasteiger partial charge is 0.487 e. The summed E-state index contributed by atoms with van der Waals surface area (Å²) in [7, 11) is 0. The number of piperidine rings is 1. The van der Waals surface area contributed by atoms with Crippen molar-refractivity contribution in [3.8, 4) is 5.75 Å². The third-order valence-corrected chi connectivity index (χ3v) is 7.82. The summed E-state index contributed by atoms with van der Waals surface area (Å²) in [6.07, 6.45) is 3.58. The number of ether oxygens (including phenoxy) is 1. The second-order valence-corrected chi connectivity index (χ2v) is 10.8. The molecule has 7 nitrogen and oxygen atoms in total. The number of H-pyrrole nitrogens is 1. The van der Waals surface area contributed by atoms with Crippen molar-refractivity contribution < 1.29 is 13.9 Å². The number of nitrogens with one attached hydrogen (secondary N) is 1. The molecule has 6 rings (SSSR count). The number of amides is 1. The van der Waals surface area contributed by atoms with Crippen LogP contribution in [-0.4, -0.2) is 39.5 Å². The number of aryl methyl sites for hydroxylation is 2. The maximum atomic E-state index is 13.2. The summed E-state index contributed by atoms with van der Waals surface area (Å²) < 4.78 is 11.8. The lowest BCUT2D eigenvalue weighted by atomic mass is 9.92. The highest BCUT2D eigenvalue weighted by Gasteiger charge is 2.29. The molecule has 2 aliphatic heterocycles. The number of aromatic nitrogens is 2. The van der Waals surface area contributed by atoms with E-state index in [1.165, 1.54) is 0 Å². The minimum absolute atomic E-state index is 0.0316. The summed E-state index contributed by atoms with van der Waals surface area (Å²) in [6.45, 7) is 7.35. The highest BCUT2D eigenvalue weighted by Crippen LogP contribution is 2.37. The Balaban J connectivity index is 1.19. The summed E-state index contributed by atoms with van der Waals surface area (Å²) in [4.78, 5) is 36.1. The van der Waals surface area contributed by atoms with Gasteiger partial charge in [0, 0.05) is 30.5 Å².